The Morgan fingerprint density at radius 3 is 2.85 bits per heavy atom. The Hall–Kier alpha value is -3.53. The number of amides is 2. The first-order valence-corrected chi connectivity index (χ1v) is 11.2. The van der Waals surface area contributed by atoms with E-state index in [9.17, 15) is 9.59 Å². The van der Waals surface area contributed by atoms with Gasteiger partial charge in [-0.1, -0.05) is 23.4 Å². The van der Waals surface area contributed by atoms with E-state index >= 15 is 0 Å². The molecule has 0 saturated carbocycles. The van der Waals surface area contributed by atoms with Gasteiger partial charge in [0.2, 0.25) is 5.91 Å². The summed E-state index contributed by atoms with van der Waals surface area (Å²) in [6.45, 7) is 4.59. The number of hydrogen-bond donors (Lipinski definition) is 1. The summed E-state index contributed by atoms with van der Waals surface area (Å²) in [6, 6.07) is 9.08. The highest BCUT2D eigenvalue weighted by Gasteiger charge is 2.42. The third kappa shape index (κ3) is 4.38. The Balaban J connectivity index is 1.22. The number of benzene rings is 1. The second-order valence-corrected chi connectivity index (χ2v) is 8.68. The first kappa shape index (κ1) is 21.3. The second kappa shape index (κ2) is 8.78. The van der Waals surface area contributed by atoms with Gasteiger partial charge in [-0.05, 0) is 31.9 Å². The van der Waals surface area contributed by atoms with Gasteiger partial charge in [0.25, 0.3) is 5.91 Å². The van der Waals surface area contributed by atoms with Gasteiger partial charge < -0.3 is 19.5 Å². The maximum Gasteiger partial charge on any atom is 0.251 e. The predicted molar refractivity (Wildman–Crippen MR) is 118 cm³/mol. The van der Waals surface area contributed by atoms with Crippen LogP contribution in [0.5, 0.6) is 0 Å². The van der Waals surface area contributed by atoms with Crippen LogP contribution in [0.25, 0.3) is 0 Å². The van der Waals surface area contributed by atoms with Gasteiger partial charge in [0, 0.05) is 24.5 Å². The zero-order valence-electron chi connectivity index (χ0n) is 18.6. The summed E-state index contributed by atoms with van der Waals surface area (Å²) in [4.78, 5) is 31.3. The Labute approximate surface area is 191 Å². The molecular formula is C23H27N7O3. The number of aryl methyl sites for hydroxylation is 1. The van der Waals surface area contributed by atoms with E-state index in [0.29, 0.717) is 31.0 Å². The summed E-state index contributed by atoms with van der Waals surface area (Å²) in [5.41, 5.74) is 1.70. The molecule has 1 aromatic carbocycles. The molecule has 33 heavy (non-hydrogen) atoms. The van der Waals surface area contributed by atoms with Crippen LogP contribution in [-0.4, -0.2) is 59.9 Å². The number of nitrogens with one attached hydrogen (secondary N) is 1. The van der Waals surface area contributed by atoms with E-state index in [1.165, 1.54) is 0 Å². The number of nitrogens with zero attached hydrogens (tertiary/aromatic N) is 6. The second-order valence-electron chi connectivity index (χ2n) is 8.68. The van der Waals surface area contributed by atoms with Crippen LogP contribution in [0.2, 0.25) is 0 Å². The first-order chi connectivity index (χ1) is 16.0. The highest BCUT2D eigenvalue weighted by atomic mass is 16.5. The Morgan fingerprint density at radius 2 is 2.06 bits per heavy atom. The molecule has 10 nitrogen and oxygen atoms in total. The van der Waals surface area contributed by atoms with Crippen LogP contribution in [-0.2, 0) is 35.8 Å². The van der Waals surface area contributed by atoms with E-state index in [1.807, 2.05) is 45.5 Å². The number of fused-ring (bicyclic) bond motifs is 1. The molecular weight excluding hydrogens is 422 g/mol. The Bertz CT molecular complexity index is 1160. The number of imidazole rings is 1. The van der Waals surface area contributed by atoms with Gasteiger partial charge in [-0.25, -0.2) is 9.67 Å². The summed E-state index contributed by atoms with van der Waals surface area (Å²) < 4.78 is 10.1. The van der Waals surface area contributed by atoms with E-state index in [2.05, 4.69) is 20.6 Å². The fourth-order valence-corrected chi connectivity index (χ4v) is 4.56. The lowest BCUT2D eigenvalue weighted by molar-refractivity contribution is -0.153. The average Bonchev–Trinajstić information content (AvgIpc) is 3.43. The zero-order chi connectivity index (χ0) is 22.8. The Kier molecular flexibility index (Phi) is 5.67. The molecule has 0 bridgehead atoms. The van der Waals surface area contributed by atoms with Crippen molar-refractivity contribution in [3.63, 3.8) is 0 Å². The van der Waals surface area contributed by atoms with Gasteiger partial charge in [-0.2, -0.15) is 0 Å². The minimum atomic E-state index is -0.469. The quantitative estimate of drug-likeness (QED) is 0.629. The molecule has 10 heteroatoms. The lowest BCUT2D eigenvalue weighted by atomic mass is 9.91. The molecule has 3 aromatic rings. The molecule has 0 aliphatic carbocycles. The van der Waals surface area contributed by atoms with Crippen molar-refractivity contribution in [1.29, 1.82) is 0 Å². The first-order valence-electron chi connectivity index (χ1n) is 11.2. The van der Waals surface area contributed by atoms with Gasteiger partial charge >= 0.3 is 0 Å². The fourth-order valence-electron chi connectivity index (χ4n) is 4.56. The van der Waals surface area contributed by atoms with Crippen molar-refractivity contribution >= 4 is 11.8 Å². The third-order valence-electron chi connectivity index (χ3n) is 6.44. The predicted octanol–water partition coefficient (Wildman–Crippen LogP) is 1.30. The molecule has 2 aliphatic heterocycles. The Morgan fingerprint density at radius 1 is 1.21 bits per heavy atom. The summed E-state index contributed by atoms with van der Waals surface area (Å²) in [6.07, 6.45) is 5.26. The van der Waals surface area contributed by atoms with E-state index in [0.717, 1.165) is 30.9 Å². The highest BCUT2D eigenvalue weighted by molar-refractivity contribution is 5.94. The summed E-state index contributed by atoms with van der Waals surface area (Å²) in [5.74, 6) is 0.732. The lowest BCUT2D eigenvalue weighted by Crippen LogP contribution is -2.56. The molecule has 2 amide bonds. The topological polar surface area (TPSA) is 107 Å². The summed E-state index contributed by atoms with van der Waals surface area (Å²) in [7, 11) is 0. The van der Waals surface area contributed by atoms with Crippen molar-refractivity contribution in [1.82, 2.24) is 34.8 Å². The molecule has 1 fully saturated rings. The van der Waals surface area contributed by atoms with Gasteiger partial charge in [-0.15, -0.1) is 5.10 Å². The number of carbonyl (C=O) groups excluding carboxylic acids is 2. The van der Waals surface area contributed by atoms with Gasteiger partial charge in [0.05, 0.1) is 31.9 Å². The van der Waals surface area contributed by atoms with Crippen molar-refractivity contribution < 1.29 is 14.3 Å². The number of likely N-dealkylation sites (tertiary alicyclic amines) is 1. The van der Waals surface area contributed by atoms with Crippen molar-refractivity contribution in [3.05, 3.63) is 65.5 Å². The summed E-state index contributed by atoms with van der Waals surface area (Å²) in [5, 5.41) is 11.5. The molecule has 0 radical (unpaired) electrons. The molecule has 172 valence electrons. The maximum absolute atomic E-state index is 12.9. The van der Waals surface area contributed by atoms with Crippen LogP contribution >= 0.6 is 0 Å². The van der Waals surface area contributed by atoms with E-state index < -0.39 is 5.60 Å². The minimum Gasteiger partial charge on any atom is -0.365 e. The largest absolute Gasteiger partial charge is 0.365 e. The summed E-state index contributed by atoms with van der Waals surface area (Å²) >= 11 is 0. The van der Waals surface area contributed by atoms with Crippen molar-refractivity contribution in [2.75, 3.05) is 13.1 Å². The van der Waals surface area contributed by atoms with Crippen LogP contribution in [0, 0.1) is 6.92 Å². The minimum absolute atomic E-state index is 0.0625. The smallest absolute Gasteiger partial charge is 0.251 e. The number of ether oxygens (including phenoxy) is 1. The normalized spacial score (nSPS) is 20.0. The van der Waals surface area contributed by atoms with Gasteiger partial charge in [0.15, 0.2) is 0 Å². The molecule has 1 atom stereocenters. The van der Waals surface area contributed by atoms with Crippen LogP contribution in [0.15, 0.2) is 42.7 Å². The molecule has 1 unspecified atom stereocenters. The fraction of sp³-hybridized carbons (Fsp3) is 0.435. The van der Waals surface area contributed by atoms with Crippen molar-refractivity contribution in [2.24, 2.45) is 0 Å². The number of aromatic nitrogens is 5. The number of hydrogen-bond acceptors (Lipinski definition) is 6. The molecule has 1 saturated heterocycles. The number of rotatable bonds is 5. The average molecular weight is 450 g/mol. The molecule has 2 aromatic heterocycles. The molecule has 5 rings (SSSR count). The van der Waals surface area contributed by atoms with Gasteiger partial charge in [0.1, 0.15) is 23.7 Å². The van der Waals surface area contributed by atoms with Gasteiger partial charge in [-0.3, -0.25) is 9.59 Å². The standard InChI is InChI=1S/C23H27N7O3/c1-17-24-9-11-28(17)13-21(31)29-10-5-8-23(15-29)16-30-20(14-33-23)19(26-27-30)12-25-22(32)18-6-3-2-4-7-18/h2-4,6-7,9,11H,5,8,10,12-16H2,1H3,(H,25,32). The zero-order valence-corrected chi connectivity index (χ0v) is 18.6. The maximum atomic E-state index is 12.9. The highest BCUT2D eigenvalue weighted by Crippen LogP contribution is 2.32. The van der Waals surface area contributed by atoms with Crippen molar-refractivity contribution in [3.8, 4) is 0 Å². The van der Waals surface area contributed by atoms with E-state index in [4.69, 9.17) is 4.74 Å². The van der Waals surface area contributed by atoms with E-state index in [-0.39, 0.29) is 24.9 Å². The van der Waals surface area contributed by atoms with E-state index in [1.54, 1.807) is 18.3 Å². The molecule has 4 heterocycles. The molecule has 2 aliphatic rings. The van der Waals surface area contributed by atoms with Crippen LogP contribution in [0.1, 0.15) is 40.4 Å². The van der Waals surface area contributed by atoms with Crippen LogP contribution < -0.4 is 5.32 Å². The third-order valence-corrected chi connectivity index (χ3v) is 6.44. The SMILES string of the molecule is Cc1nccn1CC(=O)N1CCCC2(C1)Cn1nnc(CNC(=O)c3ccccc3)c1CO2. The van der Waals surface area contributed by atoms with Crippen LogP contribution in [0.3, 0.4) is 0 Å². The molecule has 1 spiro atoms. The van der Waals surface area contributed by atoms with Crippen LogP contribution in [0.4, 0.5) is 0 Å². The number of piperidine rings is 1. The van der Waals surface area contributed by atoms with Crippen molar-refractivity contribution in [2.45, 2.75) is 51.6 Å². The monoisotopic (exact) mass is 449 g/mol. The molecule has 1 N–H and O–H groups in total. The lowest BCUT2D eigenvalue weighted by Gasteiger charge is -2.44. The number of carbonyl (C=O) groups is 2.